The van der Waals surface area contributed by atoms with E-state index < -0.39 is 0 Å². The van der Waals surface area contributed by atoms with Crippen molar-refractivity contribution in [1.82, 2.24) is 4.90 Å². The number of nitrogens with zero attached hydrogens (tertiary/aromatic N) is 1. The first-order valence-corrected chi connectivity index (χ1v) is 6.39. The van der Waals surface area contributed by atoms with E-state index in [0.29, 0.717) is 31.0 Å². The van der Waals surface area contributed by atoms with Crippen LogP contribution in [-0.4, -0.2) is 31.6 Å². The lowest BCUT2D eigenvalue weighted by Crippen LogP contribution is -2.31. The summed E-state index contributed by atoms with van der Waals surface area (Å²) in [5.41, 5.74) is 6.08. The normalized spacial score (nSPS) is 13.0. The van der Waals surface area contributed by atoms with Gasteiger partial charge < -0.3 is 10.6 Å². The second-order valence-corrected chi connectivity index (χ2v) is 4.76. The van der Waals surface area contributed by atoms with Crippen molar-refractivity contribution in [3.05, 3.63) is 35.4 Å². The Kier molecular flexibility index (Phi) is 6.22. The zero-order chi connectivity index (χ0) is 13.5. The number of rotatable bonds is 7. The van der Waals surface area contributed by atoms with E-state index in [2.05, 4.69) is 11.8 Å². The largest absolute Gasteiger partial charge is 0.330 e. The van der Waals surface area contributed by atoms with Crippen molar-refractivity contribution in [2.24, 2.45) is 11.7 Å². The third-order valence-corrected chi connectivity index (χ3v) is 3.25. The molecule has 0 saturated heterocycles. The van der Waals surface area contributed by atoms with Crippen LogP contribution in [0.15, 0.2) is 18.2 Å². The van der Waals surface area contributed by atoms with E-state index in [1.54, 1.807) is 0 Å². The van der Waals surface area contributed by atoms with Crippen molar-refractivity contribution in [3.8, 4) is 0 Å². The summed E-state index contributed by atoms with van der Waals surface area (Å²) in [5.74, 6) is -0.259. The molecule has 1 atom stereocenters. The van der Waals surface area contributed by atoms with Gasteiger partial charge in [-0.05, 0) is 49.7 Å². The predicted octanol–water partition coefficient (Wildman–Crippen LogP) is 2.42. The molecular weight excluding hydrogens is 234 g/mol. The smallest absolute Gasteiger partial charge is 0.126 e. The SMILES string of the molecule is CCC(CN)CN(C)CCc1cc(F)ccc1F. The number of hydrogen-bond donors (Lipinski definition) is 1. The van der Waals surface area contributed by atoms with Crippen molar-refractivity contribution < 1.29 is 8.78 Å². The topological polar surface area (TPSA) is 29.3 Å². The van der Waals surface area contributed by atoms with Crippen LogP contribution in [0.5, 0.6) is 0 Å². The highest BCUT2D eigenvalue weighted by molar-refractivity contribution is 5.18. The molecule has 0 aromatic heterocycles. The molecule has 0 amide bonds. The summed E-state index contributed by atoms with van der Waals surface area (Å²) in [7, 11) is 1.98. The van der Waals surface area contributed by atoms with E-state index in [0.717, 1.165) is 19.0 Å². The third-order valence-electron chi connectivity index (χ3n) is 3.25. The Hall–Kier alpha value is -1.00. The Labute approximate surface area is 108 Å². The average molecular weight is 256 g/mol. The van der Waals surface area contributed by atoms with Gasteiger partial charge in [-0.15, -0.1) is 0 Å². The zero-order valence-electron chi connectivity index (χ0n) is 11.1. The molecule has 0 radical (unpaired) electrons. The van der Waals surface area contributed by atoms with Crippen molar-refractivity contribution >= 4 is 0 Å². The molecule has 0 bridgehead atoms. The Morgan fingerprint density at radius 2 is 2.06 bits per heavy atom. The number of hydrogen-bond acceptors (Lipinski definition) is 2. The molecule has 4 heteroatoms. The van der Waals surface area contributed by atoms with Crippen molar-refractivity contribution in [2.45, 2.75) is 19.8 Å². The summed E-state index contributed by atoms with van der Waals surface area (Å²) >= 11 is 0. The number of halogens is 2. The minimum atomic E-state index is -0.387. The molecule has 0 fully saturated rings. The van der Waals surface area contributed by atoms with Gasteiger partial charge >= 0.3 is 0 Å². The van der Waals surface area contributed by atoms with Crippen LogP contribution in [0.2, 0.25) is 0 Å². The lowest BCUT2D eigenvalue weighted by atomic mass is 10.1. The van der Waals surface area contributed by atoms with E-state index in [1.165, 1.54) is 12.1 Å². The molecule has 0 saturated carbocycles. The van der Waals surface area contributed by atoms with Gasteiger partial charge in [-0.2, -0.15) is 0 Å². The minimum Gasteiger partial charge on any atom is -0.330 e. The van der Waals surface area contributed by atoms with Crippen LogP contribution < -0.4 is 5.73 Å². The van der Waals surface area contributed by atoms with Gasteiger partial charge in [0.2, 0.25) is 0 Å². The molecule has 2 nitrogen and oxygen atoms in total. The van der Waals surface area contributed by atoms with Crippen LogP contribution >= 0.6 is 0 Å². The molecule has 2 N–H and O–H groups in total. The van der Waals surface area contributed by atoms with E-state index in [-0.39, 0.29) is 11.6 Å². The Morgan fingerprint density at radius 1 is 1.33 bits per heavy atom. The molecule has 1 rings (SSSR count). The highest BCUT2D eigenvalue weighted by Crippen LogP contribution is 2.11. The van der Waals surface area contributed by atoms with Crippen molar-refractivity contribution in [2.75, 3.05) is 26.7 Å². The van der Waals surface area contributed by atoms with Gasteiger partial charge in [-0.25, -0.2) is 8.78 Å². The molecule has 0 aliphatic heterocycles. The highest BCUT2D eigenvalue weighted by Gasteiger charge is 2.09. The fourth-order valence-electron chi connectivity index (χ4n) is 1.95. The Bertz CT molecular complexity index is 365. The lowest BCUT2D eigenvalue weighted by Gasteiger charge is -2.22. The summed E-state index contributed by atoms with van der Waals surface area (Å²) < 4.78 is 26.4. The van der Waals surface area contributed by atoms with E-state index in [9.17, 15) is 8.78 Å². The quantitative estimate of drug-likeness (QED) is 0.812. The number of nitrogens with two attached hydrogens (primary N) is 1. The van der Waals surface area contributed by atoms with Gasteiger partial charge in [0.1, 0.15) is 11.6 Å². The van der Waals surface area contributed by atoms with Gasteiger partial charge in [0.25, 0.3) is 0 Å². The van der Waals surface area contributed by atoms with Gasteiger partial charge in [-0.1, -0.05) is 13.3 Å². The maximum atomic E-state index is 13.4. The fraction of sp³-hybridized carbons (Fsp3) is 0.571. The van der Waals surface area contributed by atoms with Crippen molar-refractivity contribution in [3.63, 3.8) is 0 Å². The zero-order valence-corrected chi connectivity index (χ0v) is 11.1. The first-order chi connectivity index (χ1) is 8.56. The average Bonchev–Trinajstić information content (AvgIpc) is 2.37. The number of benzene rings is 1. The first-order valence-electron chi connectivity index (χ1n) is 6.39. The molecule has 0 aliphatic carbocycles. The summed E-state index contributed by atoms with van der Waals surface area (Å²) in [6.07, 6.45) is 1.55. The van der Waals surface area contributed by atoms with Crippen LogP contribution in [0.3, 0.4) is 0 Å². The third kappa shape index (κ3) is 4.70. The van der Waals surface area contributed by atoms with Gasteiger partial charge in [-0.3, -0.25) is 0 Å². The van der Waals surface area contributed by atoms with Crippen LogP contribution in [-0.2, 0) is 6.42 Å². The summed E-state index contributed by atoms with van der Waals surface area (Å²) in [6.45, 7) is 4.37. The second kappa shape index (κ2) is 7.44. The van der Waals surface area contributed by atoms with E-state index in [1.807, 2.05) is 7.05 Å². The van der Waals surface area contributed by atoms with Gasteiger partial charge in [0.15, 0.2) is 0 Å². The lowest BCUT2D eigenvalue weighted by molar-refractivity contribution is 0.276. The van der Waals surface area contributed by atoms with Crippen LogP contribution in [0.4, 0.5) is 8.78 Å². The summed E-state index contributed by atoms with van der Waals surface area (Å²) in [4.78, 5) is 2.12. The molecule has 0 aliphatic rings. The van der Waals surface area contributed by atoms with Gasteiger partial charge in [0, 0.05) is 13.1 Å². The predicted molar refractivity (Wildman–Crippen MR) is 70.4 cm³/mol. The van der Waals surface area contributed by atoms with Crippen LogP contribution in [0.1, 0.15) is 18.9 Å². The standard InChI is InChI=1S/C14H22F2N2/c1-3-11(9-17)10-18(2)7-6-12-8-13(15)4-5-14(12)16/h4-5,8,11H,3,6-7,9-10,17H2,1-2H3. The highest BCUT2D eigenvalue weighted by atomic mass is 19.1. The van der Waals surface area contributed by atoms with Crippen LogP contribution in [0.25, 0.3) is 0 Å². The number of likely N-dealkylation sites (N-methyl/N-ethyl adjacent to an activating group) is 1. The molecule has 1 aromatic carbocycles. The second-order valence-electron chi connectivity index (χ2n) is 4.76. The Balaban J connectivity index is 2.46. The molecule has 0 heterocycles. The maximum Gasteiger partial charge on any atom is 0.126 e. The first kappa shape index (κ1) is 15.1. The van der Waals surface area contributed by atoms with Crippen molar-refractivity contribution in [1.29, 1.82) is 0 Å². The molecule has 102 valence electrons. The molecular formula is C14H22F2N2. The minimum absolute atomic E-state index is 0.337. The van der Waals surface area contributed by atoms with Crippen LogP contribution in [0, 0.1) is 17.6 Å². The summed E-state index contributed by atoms with van der Waals surface area (Å²) in [6, 6.07) is 3.59. The maximum absolute atomic E-state index is 13.4. The molecule has 1 aromatic rings. The summed E-state index contributed by atoms with van der Waals surface area (Å²) in [5, 5.41) is 0. The van der Waals surface area contributed by atoms with E-state index in [4.69, 9.17) is 5.73 Å². The Morgan fingerprint density at radius 3 is 2.67 bits per heavy atom. The van der Waals surface area contributed by atoms with Gasteiger partial charge in [0.05, 0.1) is 0 Å². The monoisotopic (exact) mass is 256 g/mol. The molecule has 1 unspecified atom stereocenters. The van der Waals surface area contributed by atoms with E-state index >= 15 is 0 Å². The fourth-order valence-corrected chi connectivity index (χ4v) is 1.95. The molecule has 18 heavy (non-hydrogen) atoms. The molecule has 0 spiro atoms.